The number of aldehydes is 1. The largest absolute Gasteiger partial charge is 0.380 e. The molecule has 198 valence electrons. The van der Waals surface area contributed by atoms with Gasteiger partial charge in [-0.2, -0.15) is 0 Å². The molecule has 0 radical (unpaired) electrons. The van der Waals surface area contributed by atoms with Crippen molar-refractivity contribution in [2.45, 2.75) is 98.7 Å². The summed E-state index contributed by atoms with van der Waals surface area (Å²) in [5.74, 6) is 3.01. The van der Waals surface area contributed by atoms with Gasteiger partial charge in [0.05, 0.1) is 25.4 Å². The second-order valence-electron chi connectivity index (χ2n) is 14.2. The number of rotatable bonds is 6. The lowest BCUT2D eigenvalue weighted by Gasteiger charge is -2.68. The first-order valence-corrected chi connectivity index (χ1v) is 14.4. The van der Waals surface area contributed by atoms with Crippen LogP contribution in [-0.4, -0.2) is 45.4 Å². The Balaban J connectivity index is 1.50. The molecule has 10 atom stereocenters. The van der Waals surface area contributed by atoms with E-state index in [4.69, 9.17) is 14.2 Å². The van der Waals surface area contributed by atoms with Crippen LogP contribution in [0.1, 0.15) is 86.5 Å². The van der Waals surface area contributed by atoms with E-state index in [1.807, 2.05) is 7.11 Å². The third kappa shape index (κ3) is 3.67. The Kier molecular flexibility index (Phi) is 6.62. The van der Waals surface area contributed by atoms with Crippen LogP contribution in [0.2, 0.25) is 0 Å². The van der Waals surface area contributed by atoms with Gasteiger partial charge < -0.3 is 19.0 Å². The minimum absolute atomic E-state index is 0.0300. The molecule has 1 saturated heterocycles. The number of methoxy groups -OCH3 is 1. The molecule has 5 aliphatic rings. The van der Waals surface area contributed by atoms with Gasteiger partial charge in [0, 0.05) is 18.4 Å². The highest BCUT2D eigenvalue weighted by Gasteiger charge is 2.66. The van der Waals surface area contributed by atoms with Crippen molar-refractivity contribution in [3.63, 3.8) is 0 Å². The summed E-state index contributed by atoms with van der Waals surface area (Å²) in [4.78, 5) is 11.1. The van der Waals surface area contributed by atoms with E-state index in [0.717, 1.165) is 37.8 Å². The first-order chi connectivity index (χ1) is 16.6. The molecule has 4 heteroatoms. The van der Waals surface area contributed by atoms with Crippen molar-refractivity contribution in [2.24, 2.45) is 51.2 Å². The van der Waals surface area contributed by atoms with Crippen LogP contribution in [0.25, 0.3) is 0 Å². The zero-order chi connectivity index (χ0) is 25.2. The van der Waals surface area contributed by atoms with E-state index in [1.165, 1.54) is 38.5 Å². The molecule has 10 unspecified atom stereocenters. The second kappa shape index (κ2) is 8.95. The molecule has 5 rings (SSSR count). The number of carbonyl (C=O) groups excluding carboxylic acids is 1. The van der Waals surface area contributed by atoms with Crippen LogP contribution in [0, 0.1) is 51.2 Å². The summed E-state index contributed by atoms with van der Waals surface area (Å²) < 4.78 is 18.5. The first kappa shape index (κ1) is 25.9. The predicted molar refractivity (Wildman–Crippen MR) is 139 cm³/mol. The Labute approximate surface area is 213 Å². The smallest absolute Gasteiger partial charge is 0.145 e. The van der Waals surface area contributed by atoms with E-state index in [1.54, 1.807) is 5.57 Å². The van der Waals surface area contributed by atoms with Crippen molar-refractivity contribution in [1.82, 2.24) is 0 Å². The van der Waals surface area contributed by atoms with Crippen LogP contribution in [0.4, 0.5) is 0 Å². The van der Waals surface area contributed by atoms with Crippen LogP contribution in [-0.2, 0) is 19.0 Å². The fourth-order valence-corrected chi connectivity index (χ4v) is 10.1. The fraction of sp³-hybridized carbons (Fsp3) is 0.903. The molecular weight excluding hydrogens is 436 g/mol. The molecular formula is C31H50O4. The third-order valence-corrected chi connectivity index (χ3v) is 12.7. The summed E-state index contributed by atoms with van der Waals surface area (Å²) in [6.45, 7) is 16.9. The number of allylic oxidation sites excluding steroid dienone is 1. The van der Waals surface area contributed by atoms with Gasteiger partial charge in [0.25, 0.3) is 0 Å². The van der Waals surface area contributed by atoms with Crippen LogP contribution in [0.3, 0.4) is 0 Å². The summed E-state index contributed by atoms with van der Waals surface area (Å²) in [6.07, 6.45) is 12.3. The summed E-state index contributed by atoms with van der Waals surface area (Å²) in [7, 11) is 1.82. The maximum Gasteiger partial charge on any atom is 0.145 e. The molecule has 2 bridgehead atoms. The fourth-order valence-electron chi connectivity index (χ4n) is 10.1. The molecule has 35 heavy (non-hydrogen) atoms. The van der Waals surface area contributed by atoms with Crippen molar-refractivity contribution < 1.29 is 19.0 Å². The summed E-state index contributed by atoms with van der Waals surface area (Å²) >= 11 is 0. The molecule has 1 aliphatic heterocycles. The predicted octanol–water partition coefficient (Wildman–Crippen LogP) is 6.47. The molecule has 4 nitrogen and oxygen atoms in total. The van der Waals surface area contributed by atoms with Crippen LogP contribution in [0.15, 0.2) is 11.6 Å². The van der Waals surface area contributed by atoms with E-state index >= 15 is 0 Å². The van der Waals surface area contributed by atoms with E-state index in [0.29, 0.717) is 34.0 Å². The van der Waals surface area contributed by atoms with Gasteiger partial charge in [0.2, 0.25) is 0 Å². The quantitative estimate of drug-likeness (QED) is 0.319. The molecule has 0 aromatic carbocycles. The monoisotopic (exact) mass is 486 g/mol. The number of hydrogen-bond acceptors (Lipinski definition) is 4. The Morgan fingerprint density at radius 2 is 1.94 bits per heavy atom. The topological polar surface area (TPSA) is 44.8 Å². The van der Waals surface area contributed by atoms with Crippen molar-refractivity contribution in [3.8, 4) is 0 Å². The van der Waals surface area contributed by atoms with Crippen LogP contribution in [0.5, 0.6) is 0 Å². The highest BCUT2D eigenvalue weighted by atomic mass is 16.5. The number of fused-ring (bicyclic) bond motifs is 3. The molecule has 0 aromatic rings. The number of ether oxygens (including phenoxy) is 3. The van der Waals surface area contributed by atoms with Gasteiger partial charge in [-0.15, -0.1) is 0 Å². The molecule has 0 amide bonds. The Hall–Kier alpha value is -0.710. The van der Waals surface area contributed by atoms with E-state index in [2.05, 4.69) is 47.6 Å². The zero-order valence-electron chi connectivity index (χ0n) is 23.4. The van der Waals surface area contributed by atoms with Crippen molar-refractivity contribution in [2.75, 3.05) is 26.9 Å². The SMILES string of the molecule is COC1CC23COCC(C1OCC=O)C2CCC1C3=CCC2(C)CC(C)(C(C)C(C)C)CCC12C. The van der Waals surface area contributed by atoms with Gasteiger partial charge in [-0.1, -0.05) is 53.2 Å². The lowest BCUT2D eigenvalue weighted by Crippen LogP contribution is -2.65. The average Bonchev–Trinajstić information content (AvgIpc) is 2.82. The molecule has 4 fully saturated rings. The van der Waals surface area contributed by atoms with Gasteiger partial charge in [0.15, 0.2) is 0 Å². The van der Waals surface area contributed by atoms with Crippen molar-refractivity contribution in [3.05, 3.63) is 11.6 Å². The Morgan fingerprint density at radius 3 is 2.63 bits per heavy atom. The minimum Gasteiger partial charge on any atom is -0.380 e. The van der Waals surface area contributed by atoms with Crippen LogP contribution >= 0.6 is 0 Å². The molecule has 0 N–H and O–H groups in total. The maximum absolute atomic E-state index is 11.1. The number of carbonyl (C=O) groups is 1. The van der Waals surface area contributed by atoms with E-state index in [-0.39, 0.29) is 24.2 Å². The Bertz CT molecular complexity index is 851. The second-order valence-corrected chi connectivity index (χ2v) is 14.2. The highest BCUT2D eigenvalue weighted by Crippen LogP contribution is 2.72. The molecule has 4 aliphatic carbocycles. The lowest BCUT2D eigenvalue weighted by atomic mass is 9.37. The summed E-state index contributed by atoms with van der Waals surface area (Å²) in [5, 5.41) is 0. The minimum atomic E-state index is -0.0434. The highest BCUT2D eigenvalue weighted by molar-refractivity contribution is 5.50. The first-order valence-electron chi connectivity index (χ1n) is 14.4. The molecule has 0 aromatic heterocycles. The van der Waals surface area contributed by atoms with Gasteiger partial charge in [-0.05, 0) is 84.9 Å². The van der Waals surface area contributed by atoms with Crippen molar-refractivity contribution >= 4 is 6.29 Å². The average molecular weight is 487 g/mol. The third-order valence-electron chi connectivity index (χ3n) is 12.7. The van der Waals surface area contributed by atoms with Gasteiger partial charge in [-0.3, -0.25) is 0 Å². The normalized spacial score (nSPS) is 49.9. The maximum atomic E-state index is 11.1. The Morgan fingerprint density at radius 1 is 1.17 bits per heavy atom. The molecule has 3 saturated carbocycles. The van der Waals surface area contributed by atoms with Crippen molar-refractivity contribution in [1.29, 1.82) is 0 Å². The van der Waals surface area contributed by atoms with E-state index < -0.39 is 0 Å². The molecule has 0 spiro atoms. The van der Waals surface area contributed by atoms with Gasteiger partial charge >= 0.3 is 0 Å². The van der Waals surface area contributed by atoms with E-state index in [9.17, 15) is 4.79 Å². The van der Waals surface area contributed by atoms with Gasteiger partial charge in [0.1, 0.15) is 12.9 Å². The standard InChI is InChI=1S/C31H50O4/c1-20(2)21(3)28(4)12-13-30(6)24-9-8-23-22-17-34-19-31(23,25(24)10-11-29(30,5)18-28)16-26(33-7)27(22)35-15-14-32/h10,14,20-24,26-27H,8-9,11-13,15-19H2,1-7H3. The number of hydrogen-bond donors (Lipinski definition) is 0. The summed E-state index contributed by atoms with van der Waals surface area (Å²) in [6, 6.07) is 0. The summed E-state index contributed by atoms with van der Waals surface area (Å²) in [5.41, 5.74) is 2.89. The van der Waals surface area contributed by atoms with Crippen LogP contribution < -0.4 is 0 Å². The zero-order valence-corrected chi connectivity index (χ0v) is 23.4. The molecule has 1 heterocycles. The van der Waals surface area contributed by atoms with Gasteiger partial charge in [-0.25, -0.2) is 0 Å². The lowest BCUT2D eigenvalue weighted by molar-refractivity contribution is -0.225.